The molecule has 0 radical (unpaired) electrons. The molecule has 3 amide bonds. The molecule has 7 heteroatoms. The second kappa shape index (κ2) is 11.6. The van der Waals surface area contributed by atoms with Crippen molar-refractivity contribution in [2.45, 2.75) is 52.0 Å². The first kappa shape index (κ1) is 29.0. The van der Waals surface area contributed by atoms with Gasteiger partial charge in [-0.3, -0.25) is 14.4 Å². The van der Waals surface area contributed by atoms with E-state index in [4.69, 9.17) is 0 Å². The van der Waals surface area contributed by atoms with E-state index in [1.165, 1.54) is 11.0 Å². The third-order valence-corrected chi connectivity index (χ3v) is 7.57. The molecule has 210 valence electrons. The van der Waals surface area contributed by atoms with Crippen molar-refractivity contribution in [3.8, 4) is 0 Å². The molecule has 0 spiro atoms. The minimum absolute atomic E-state index is 0.0193. The lowest BCUT2D eigenvalue weighted by Crippen LogP contribution is -2.46. The first-order valence-corrected chi connectivity index (χ1v) is 13.7. The summed E-state index contributed by atoms with van der Waals surface area (Å²) in [6, 6.07) is 18.8. The van der Waals surface area contributed by atoms with Crippen LogP contribution in [-0.4, -0.2) is 48.2 Å². The molecule has 40 heavy (non-hydrogen) atoms. The zero-order valence-electron chi connectivity index (χ0n) is 24.1. The van der Waals surface area contributed by atoms with Crippen LogP contribution in [0.15, 0.2) is 66.7 Å². The average molecular weight is 544 g/mol. The van der Waals surface area contributed by atoms with E-state index in [2.05, 4.69) is 26.1 Å². The van der Waals surface area contributed by atoms with Crippen molar-refractivity contribution in [3.05, 3.63) is 100 Å². The number of benzene rings is 3. The Morgan fingerprint density at radius 2 is 1.65 bits per heavy atom. The van der Waals surface area contributed by atoms with Gasteiger partial charge in [0.15, 0.2) is 0 Å². The minimum Gasteiger partial charge on any atom is -0.345 e. The number of carbonyl (C=O) groups excluding carboxylic acids is 3. The molecule has 0 aromatic heterocycles. The van der Waals surface area contributed by atoms with Gasteiger partial charge in [-0.1, -0.05) is 57.2 Å². The van der Waals surface area contributed by atoms with Gasteiger partial charge in [0, 0.05) is 31.9 Å². The number of nitrogens with one attached hydrogen (secondary N) is 1. The standard InChI is InChI=1S/C33H38FN3O3/c1-21-10-7-14-27(34)28(21)32(40)37-19-9-13-26(29(37)22-15-17-23(18-16-22)31(39)36(5)6)30(38)35-25-12-8-11-24(20-25)33(2,3)4/h7-8,10-12,14-18,20,26,29H,9,13,19H2,1-6H3,(H,35,38). The smallest absolute Gasteiger partial charge is 0.257 e. The molecule has 1 aliphatic heterocycles. The molecule has 1 heterocycles. The van der Waals surface area contributed by atoms with E-state index >= 15 is 0 Å². The third-order valence-electron chi connectivity index (χ3n) is 7.57. The molecule has 1 fully saturated rings. The molecular weight excluding hydrogens is 505 g/mol. The Morgan fingerprint density at radius 1 is 0.975 bits per heavy atom. The lowest BCUT2D eigenvalue weighted by atomic mass is 9.82. The summed E-state index contributed by atoms with van der Waals surface area (Å²) in [7, 11) is 3.37. The maximum Gasteiger partial charge on any atom is 0.257 e. The fourth-order valence-corrected chi connectivity index (χ4v) is 5.34. The molecule has 2 atom stereocenters. The van der Waals surface area contributed by atoms with E-state index < -0.39 is 23.7 Å². The average Bonchev–Trinajstić information content (AvgIpc) is 2.91. The summed E-state index contributed by atoms with van der Waals surface area (Å²) in [5.74, 6) is -1.94. The van der Waals surface area contributed by atoms with Crippen LogP contribution in [0, 0.1) is 18.7 Å². The molecule has 3 aromatic carbocycles. The maximum absolute atomic E-state index is 14.9. The Hall–Kier alpha value is -4.00. The predicted molar refractivity (Wildman–Crippen MR) is 156 cm³/mol. The van der Waals surface area contributed by atoms with Gasteiger partial charge in [0.2, 0.25) is 5.91 Å². The van der Waals surface area contributed by atoms with Gasteiger partial charge < -0.3 is 15.1 Å². The fourth-order valence-electron chi connectivity index (χ4n) is 5.34. The van der Waals surface area contributed by atoms with Crippen LogP contribution >= 0.6 is 0 Å². The van der Waals surface area contributed by atoms with Crippen molar-refractivity contribution in [3.63, 3.8) is 0 Å². The Bertz CT molecular complexity index is 1390. The Labute approximate surface area is 236 Å². The number of nitrogens with zero attached hydrogens (tertiary/aromatic N) is 2. The van der Waals surface area contributed by atoms with Crippen LogP contribution < -0.4 is 5.32 Å². The maximum atomic E-state index is 14.9. The van der Waals surface area contributed by atoms with Crippen molar-refractivity contribution in [2.75, 3.05) is 26.0 Å². The molecule has 4 rings (SSSR count). The number of piperidine rings is 1. The summed E-state index contributed by atoms with van der Waals surface area (Å²) >= 11 is 0. The van der Waals surface area contributed by atoms with Crippen molar-refractivity contribution in [2.24, 2.45) is 5.92 Å². The van der Waals surface area contributed by atoms with Crippen LogP contribution in [0.4, 0.5) is 10.1 Å². The van der Waals surface area contributed by atoms with E-state index in [1.54, 1.807) is 62.3 Å². The van der Waals surface area contributed by atoms with Crippen molar-refractivity contribution < 1.29 is 18.8 Å². The third kappa shape index (κ3) is 6.09. The number of rotatable bonds is 5. The molecule has 3 aromatic rings. The monoisotopic (exact) mass is 543 g/mol. The molecule has 0 aliphatic carbocycles. The summed E-state index contributed by atoms with van der Waals surface area (Å²) in [4.78, 5) is 43.3. The number of hydrogen-bond acceptors (Lipinski definition) is 3. The van der Waals surface area contributed by atoms with Crippen molar-refractivity contribution in [1.82, 2.24) is 9.80 Å². The SMILES string of the molecule is Cc1cccc(F)c1C(=O)N1CCCC(C(=O)Nc2cccc(C(C)(C)C)c2)C1c1ccc(C(=O)N(C)C)cc1. The van der Waals surface area contributed by atoms with Crippen LogP contribution in [-0.2, 0) is 10.2 Å². The predicted octanol–water partition coefficient (Wildman–Crippen LogP) is 6.37. The number of carbonyl (C=O) groups is 3. The summed E-state index contributed by atoms with van der Waals surface area (Å²) in [5, 5.41) is 3.08. The topological polar surface area (TPSA) is 69.7 Å². The molecule has 2 unspecified atom stereocenters. The highest BCUT2D eigenvalue weighted by atomic mass is 19.1. The number of anilines is 1. The van der Waals surface area contributed by atoms with Crippen LogP contribution in [0.3, 0.4) is 0 Å². The summed E-state index contributed by atoms with van der Waals surface area (Å²) < 4.78 is 14.9. The van der Waals surface area contributed by atoms with Gasteiger partial charge in [-0.15, -0.1) is 0 Å². The van der Waals surface area contributed by atoms with Crippen LogP contribution in [0.2, 0.25) is 0 Å². The number of hydrogen-bond donors (Lipinski definition) is 1. The molecular formula is C33H38FN3O3. The number of halogens is 1. The lowest BCUT2D eigenvalue weighted by molar-refractivity contribution is -0.123. The van der Waals surface area contributed by atoms with Crippen LogP contribution in [0.1, 0.15) is 77.1 Å². The highest BCUT2D eigenvalue weighted by Gasteiger charge is 2.40. The summed E-state index contributed by atoms with van der Waals surface area (Å²) in [6.07, 6.45) is 1.17. The van der Waals surface area contributed by atoms with Crippen LogP contribution in [0.25, 0.3) is 0 Å². The van der Waals surface area contributed by atoms with Gasteiger partial charge in [0.25, 0.3) is 11.8 Å². The van der Waals surface area contributed by atoms with Gasteiger partial charge in [-0.2, -0.15) is 0 Å². The molecule has 1 aliphatic rings. The zero-order chi connectivity index (χ0) is 29.2. The van der Waals surface area contributed by atoms with E-state index in [-0.39, 0.29) is 22.8 Å². The molecule has 1 N–H and O–H groups in total. The Morgan fingerprint density at radius 3 is 2.27 bits per heavy atom. The number of aryl methyl sites for hydroxylation is 1. The molecule has 0 saturated carbocycles. The lowest BCUT2D eigenvalue weighted by Gasteiger charge is -2.41. The fraction of sp³-hybridized carbons (Fsp3) is 0.364. The highest BCUT2D eigenvalue weighted by molar-refractivity contribution is 5.98. The van der Waals surface area contributed by atoms with E-state index in [9.17, 15) is 18.8 Å². The van der Waals surface area contributed by atoms with Gasteiger partial charge in [-0.05, 0) is 72.2 Å². The van der Waals surface area contributed by atoms with Gasteiger partial charge >= 0.3 is 0 Å². The van der Waals surface area contributed by atoms with Crippen LogP contribution in [0.5, 0.6) is 0 Å². The van der Waals surface area contributed by atoms with Crippen molar-refractivity contribution >= 4 is 23.4 Å². The first-order valence-electron chi connectivity index (χ1n) is 13.7. The van der Waals surface area contributed by atoms with Gasteiger partial charge in [-0.25, -0.2) is 4.39 Å². The van der Waals surface area contributed by atoms with E-state index in [0.29, 0.717) is 36.2 Å². The summed E-state index contributed by atoms with van der Waals surface area (Å²) in [6.45, 7) is 8.44. The largest absolute Gasteiger partial charge is 0.345 e. The van der Waals surface area contributed by atoms with Gasteiger partial charge in [0.1, 0.15) is 5.82 Å². The quantitative estimate of drug-likeness (QED) is 0.407. The second-order valence-electron chi connectivity index (χ2n) is 11.8. The zero-order valence-corrected chi connectivity index (χ0v) is 24.1. The normalized spacial score (nSPS) is 17.3. The molecule has 6 nitrogen and oxygen atoms in total. The second-order valence-corrected chi connectivity index (χ2v) is 11.8. The van der Waals surface area contributed by atoms with Crippen molar-refractivity contribution in [1.29, 1.82) is 0 Å². The number of amides is 3. The Balaban J connectivity index is 1.73. The highest BCUT2D eigenvalue weighted by Crippen LogP contribution is 2.39. The number of likely N-dealkylation sites (tertiary alicyclic amines) is 1. The molecule has 1 saturated heterocycles. The van der Waals surface area contributed by atoms with E-state index in [0.717, 1.165) is 11.1 Å². The first-order chi connectivity index (χ1) is 18.9. The van der Waals surface area contributed by atoms with E-state index in [1.807, 2.05) is 24.3 Å². The molecule has 0 bridgehead atoms. The van der Waals surface area contributed by atoms with Gasteiger partial charge in [0.05, 0.1) is 17.5 Å². The Kier molecular flexibility index (Phi) is 8.43. The minimum atomic E-state index is -0.630. The summed E-state index contributed by atoms with van der Waals surface area (Å²) in [5.41, 5.74) is 3.50.